The van der Waals surface area contributed by atoms with Crippen molar-refractivity contribution >= 4 is 43.5 Å². The first kappa shape index (κ1) is 36.4. The largest absolute Gasteiger partial charge is 0.309 e. The summed E-state index contributed by atoms with van der Waals surface area (Å²) in [4.78, 5) is 15.5. The Morgan fingerprint density at radius 2 is 0.810 bits per heavy atom. The lowest BCUT2D eigenvalue weighted by atomic mass is 9.95. The lowest BCUT2D eigenvalue weighted by Crippen LogP contribution is -1.96. The minimum atomic E-state index is 0.698. The number of benzene rings is 9. The number of nitrogens with zero attached hydrogens (tertiary/aromatic N) is 4. The Labute approximate surface area is 365 Å². The van der Waals surface area contributed by atoms with E-state index in [0.29, 0.717) is 5.82 Å². The third kappa shape index (κ3) is 6.44. The van der Waals surface area contributed by atoms with Crippen molar-refractivity contribution in [3.8, 4) is 73.1 Å². The molecule has 0 aliphatic heterocycles. The van der Waals surface area contributed by atoms with Crippen LogP contribution in [0.15, 0.2) is 231 Å². The standard InChI is InChI=1S/C59H38N4/c1-5-16-41(17-6-1)52-38-53(42-18-7-2-8-19-42)62-59(61-52)46-23-15-22-44(36-46)39-28-30-40(31-29-39)45-32-33-50-55(37-45)63(47-24-11-4-12-25-47)54-35-34-49-48-26-13-14-27-51(48)60-58(57(49)56(50)54)43-20-9-3-10-21-43/h1-38H. The van der Waals surface area contributed by atoms with Gasteiger partial charge < -0.3 is 4.57 Å². The van der Waals surface area contributed by atoms with Crippen LogP contribution in [-0.2, 0) is 0 Å². The van der Waals surface area contributed by atoms with Gasteiger partial charge in [0.1, 0.15) is 0 Å². The molecule has 63 heavy (non-hydrogen) atoms. The van der Waals surface area contributed by atoms with E-state index in [1.807, 2.05) is 36.4 Å². The second-order valence-corrected chi connectivity index (χ2v) is 16.0. The van der Waals surface area contributed by atoms with E-state index in [-0.39, 0.29) is 0 Å². The quantitative estimate of drug-likeness (QED) is 0.151. The average molecular weight is 803 g/mol. The van der Waals surface area contributed by atoms with E-state index in [1.54, 1.807) is 0 Å². The molecule has 9 aromatic carbocycles. The molecular formula is C59H38N4. The number of para-hydroxylation sites is 2. The van der Waals surface area contributed by atoms with Crippen LogP contribution in [0.5, 0.6) is 0 Å². The summed E-state index contributed by atoms with van der Waals surface area (Å²) < 4.78 is 2.41. The van der Waals surface area contributed by atoms with E-state index >= 15 is 0 Å². The van der Waals surface area contributed by atoms with E-state index in [2.05, 4.69) is 199 Å². The smallest absolute Gasteiger partial charge is 0.160 e. The van der Waals surface area contributed by atoms with E-state index in [4.69, 9.17) is 15.0 Å². The fraction of sp³-hybridized carbons (Fsp3) is 0. The zero-order chi connectivity index (χ0) is 41.7. The average Bonchev–Trinajstić information content (AvgIpc) is 3.71. The monoisotopic (exact) mass is 802 g/mol. The normalized spacial score (nSPS) is 11.5. The van der Waals surface area contributed by atoms with Crippen LogP contribution in [-0.4, -0.2) is 19.5 Å². The summed E-state index contributed by atoms with van der Waals surface area (Å²) >= 11 is 0. The predicted molar refractivity (Wildman–Crippen MR) is 262 cm³/mol. The van der Waals surface area contributed by atoms with Crippen LogP contribution in [0.2, 0.25) is 0 Å². The lowest BCUT2D eigenvalue weighted by Gasteiger charge is -2.12. The van der Waals surface area contributed by atoms with Crippen LogP contribution in [0.3, 0.4) is 0 Å². The van der Waals surface area contributed by atoms with Gasteiger partial charge in [-0.25, -0.2) is 15.0 Å². The number of hydrogen-bond donors (Lipinski definition) is 0. The summed E-state index contributed by atoms with van der Waals surface area (Å²) in [5.41, 5.74) is 15.9. The van der Waals surface area contributed by atoms with Gasteiger partial charge in [0, 0.05) is 49.5 Å². The molecule has 12 aromatic rings. The first-order chi connectivity index (χ1) is 31.2. The Hall–Kier alpha value is -8.47. The maximum Gasteiger partial charge on any atom is 0.160 e. The van der Waals surface area contributed by atoms with E-state index in [0.717, 1.165) is 89.2 Å². The zero-order valence-corrected chi connectivity index (χ0v) is 34.2. The Bertz CT molecular complexity index is 3580. The molecule has 0 radical (unpaired) electrons. The van der Waals surface area contributed by atoms with E-state index < -0.39 is 0 Å². The topological polar surface area (TPSA) is 43.6 Å². The molecule has 0 bridgehead atoms. The van der Waals surface area contributed by atoms with Crippen molar-refractivity contribution in [2.24, 2.45) is 0 Å². The summed E-state index contributed by atoms with van der Waals surface area (Å²) in [5, 5.41) is 5.93. The molecule has 0 fully saturated rings. The van der Waals surface area contributed by atoms with Crippen molar-refractivity contribution in [3.05, 3.63) is 231 Å². The highest BCUT2D eigenvalue weighted by atomic mass is 15.0. The first-order valence-corrected chi connectivity index (χ1v) is 21.4. The Morgan fingerprint density at radius 3 is 1.48 bits per heavy atom. The zero-order valence-electron chi connectivity index (χ0n) is 34.2. The Balaban J connectivity index is 0.974. The fourth-order valence-electron chi connectivity index (χ4n) is 9.18. The van der Waals surface area contributed by atoms with Gasteiger partial charge in [0.05, 0.1) is 33.6 Å². The number of fused-ring (bicyclic) bond motifs is 7. The maximum atomic E-state index is 5.35. The number of hydrogen-bond acceptors (Lipinski definition) is 3. The van der Waals surface area contributed by atoms with Gasteiger partial charge >= 0.3 is 0 Å². The molecule has 0 saturated carbocycles. The first-order valence-electron chi connectivity index (χ1n) is 21.4. The summed E-state index contributed by atoms with van der Waals surface area (Å²) in [5.74, 6) is 0.698. The SMILES string of the molecule is c1ccc(-c2cc(-c3ccccc3)nc(-c3cccc(-c4ccc(-c5ccc6c7c8c(-c9ccccc9)nc9ccccc9c8ccc7n(-c7ccccc7)c6c5)cc4)c3)n2)cc1. The van der Waals surface area contributed by atoms with Gasteiger partial charge in [0.15, 0.2) is 5.82 Å². The van der Waals surface area contributed by atoms with Crippen molar-refractivity contribution in [2.75, 3.05) is 0 Å². The summed E-state index contributed by atoms with van der Waals surface area (Å²) in [6.45, 7) is 0. The van der Waals surface area contributed by atoms with Crippen LogP contribution < -0.4 is 0 Å². The van der Waals surface area contributed by atoms with Gasteiger partial charge in [0.2, 0.25) is 0 Å². The highest BCUT2D eigenvalue weighted by Crippen LogP contribution is 2.43. The lowest BCUT2D eigenvalue weighted by molar-refractivity contribution is 1.18. The summed E-state index contributed by atoms with van der Waals surface area (Å²) in [6.07, 6.45) is 0. The molecule has 0 atom stereocenters. The van der Waals surface area contributed by atoms with Gasteiger partial charge in [-0.05, 0) is 70.1 Å². The molecule has 12 rings (SSSR count). The predicted octanol–water partition coefficient (Wildman–Crippen LogP) is 15.3. The van der Waals surface area contributed by atoms with Gasteiger partial charge in [-0.15, -0.1) is 0 Å². The summed E-state index contributed by atoms with van der Waals surface area (Å²) in [7, 11) is 0. The molecular weight excluding hydrogens is 765 g/mol. The van der Waals surface area contributed by atoms with Crippen molar-refractivity contribution in [2.45, 2.75) is 0 Å². The molecule has 294 valence electrons. The van der Waals surface area contributed by atoms with Gasteiger partial charge in [-0.1, -0.05) is 188 Å². The van der Waals surface area contributed by atoms with Crippen molar-refractivity contribution < 1.29 is 0 Å². The third-order valence-electron chi connectivity index (χ3n) is 12.2. The molecule has 3 aromatic heterocycles. The number of aromatic nitrogens is 4. The van der Waals surface area contributed by atoms with Crippen LogP contribution >= 0.6 is 0 Å². The van der Waals surface area contributed by atoms with Gasteiger partial charge in [0.25, 0.3) is 0 Å². The van der Waals surface area contributed by atoms with Crippen molar-refractivity contribution in [3.63, 3.8) is 0 Å². The van der Waals surface area contributed by atoms with Crippen LogP contribution in [0.4, 0.5) is 0 Å². The second-order valence-electron chi connectivity index (χ2n) is 16.0. The molecule has 4 heteroatoms. The molecule has 0 aliphatic carbocycles. The molecule has 4 nitrogen and oxygen atoms in total. The molecule has 3 heterocycles. The van der Waals surface area contributed by atoms with Gasteiger partial charge in [-0.3, -0.25) is 0 Å². The highest BCUT2D eigenvalue weighted by molar-refractivity contribution is 6.28. The number of pyridine rings is 1. The van der Waals surface area contributed by atoms with Crippen LogP contribution in [0.25, 0.3) is 117 Å². The fourth-order valence-corrected chi connectivity index (χ4v) is 9.18. The minimum absolute atomic E-state index is 0.698. The minimum Gasteiger partial charge on any atom is -0.309 e. The molecule has 0 aliphatic rings. The molecule has 0 spiro atoms. The van der Waals surface area contributed by atoms with Crippen LogP contribution in [0, 0.1) is 0 Å². The number of rotatable bonds is 7. The Morgan fingerprint density at radius 1 is 0.286 bits per heavy atom. The van der Waals surface area contributed by atoms with E-state index in [1.165, 1.54) is 21.5 Å². The summed E-state index contributed by atoms with van der Waals surface area (Å²) in [6, 6.07) is 81.5. The highest BCUT2D eigenvalue weighted by Gasteiger charge is 2.21. The molecule has 0 saturated heterocycles. The second kappa shape index (κ2) is 15.2. The molecule has 0 N–H and O–H groups in total. The van der Waals surface area contributed by atoms with E-state index in [9.17, 15) is 0 Å². The Kier molecular flexibility index (Phi) is 8.79. The molecule has 0 unspecified atom stereocenters. The van der Waals surface area contributed by atoms with Gasteiger partial charge in [-0.2, -0.15) is 0 Å². The van der Waals surface area contributed by atoms with Crippen LogP contribution in [0.1, 0.15) is 0 Å². The third-order valence-corrected chi connectivity index (χ3v) is 12.2. The molecule has 0 amide bonds. The van der Waals surface area contributed by atoms with Crippen molar-refractivity contribution in [1.82, 2.24) is 19.5 Å². The maximum absolute atomic E-state index is 5.35. The van der Waals surface area contributed by atoms with Crippen molar-refractivity contribution in [1.29, 1.82) is 0 Å².